The molecular formula is C15H17NO2. The van der Waals surface area contributed by atoms with Crippen molar-refractivity contribution in [3.8, 4) is 0 Å². The molecule has 94 valence electrons. The monoisotopic (exact) mass is 243 g/mol. The quantitative estimate of drug-likeness (QED) is 0.615. The summed E-state index contributed by atoms with van der Waals surface area (Å²) < 4.78 is 0. The number of nitrogens with zero attached hydrogens (tertiary/aromatic N) is 1. The molecule has 0 aliphatic rings. The maximum absolute atomic E-state index is 12.1. The van der Waals surface area contributed by atoms with E-state index in [1.165, 1.54) is 0 Å². The number of hydrogen-bond donors (Lipinski definition) is 1. The lowest BCUT2D eigenvalue weighted by atomic mass is 10.0. The Kier molecular flexibility index (Phi) is 3.09. The van der Waals surface area contributed by atoms with Gasteiger partial charge in [-0.25, -0.2) is 5.06 Å². The molecular weight excluding hydrogens is 226 g/mol. The van der Waals surface area contributed by atoms with Gasteiger partial charge in [0, 0.05) is 5.56 Å². The molecule has 0 radical (unpaired) electrons. The SMILES string of the molecule is CC(C)(C)N(O)C(=O)c1ccc2ccccc2c1. The molecule has 2 rings (SSSR count). The summed E-state index contributed by atoms with van der Waals surface area (Å²) in [5, 5.41) is 12.7. The highest BCUT2D eigenvalue weighted by molar-refractivity contribution is 5.98. The molecule has 1 N–H and O–H groups in total. The highest BCUT2D eigenvalue weighted by Gasteiger charge is 2.25. The molecule has 0 heterocycles. The van der Waals surface area contributed by atoms with Crippen LogP contribution >= 0.6 is 0 Å². The van der Waals surface area contributed by atoms with Crippen LogP contribution in [0.4, 0.5) is 0 Å². The highest BCUT2D eigenvalue weighted by Crippen LogP contribution is 2.19. The fraction of sp³-hybridized carbons (Fsp3) is 0.267. The predicted octanol–water partition coefficient (Wildman–Crippen LogP) is 3.47. The first-order valence-electron chi connectivity index (χ1n) is 5.92. The van der Waals surface area contributed by atoms with Crippen LogP contribution in [0.1, 0.15) is 31.1 Å². The molecule has 0 bridgehead atoms. The first kappa shape index (κ1) is 12.6. The maximum atomic E-state index is 12.1. The number of amides is 1. The van der Waals surface area contributed by atoms with E-state index in [9.17, 15) is 10.0 Å². The normalized spacial score (nSPS) is 11.6. The molecule has 0 aliphatic carbocycles. The molecule has 0 fully saturated rings. The Morgan fingerprint density at radius 2 is 1.67 bits per heavy atom. The van der Waals surface area contributed by atoms with Crippen LogP contribution in [0.2, 0.25) is 0 Å². The van der Waals surface area contributed by atoms with E-state index in [2.05, 4.69) is 0 Å². The van der Waals surface area contributed by atoms with E-state index in [0.29, 0.717) is 5.56 Å². The lowest BCUT2D eigenvalue weighted by Crippen LogP contribution is -2.43. The zero-order chi connectivity index (χ0) is 13.3. The van der Waals surface area contributed by atoms with E-state index < -0.39 is 5.54 Å². The third-order valence-corrected chi connectivity index (χ3v) is 2.82. The van der Waals surface area contributed by atoms with Crippen LogP contribution < -0.4 is 0 Å². The molecule has 2 aromatic rings. The molecule has 3 nitrogen and oxygen atoms in total. The second-order valence-corrected chi connectivity index (χ2v) is 5.35. The van der Waals surface area contributed by atoms with E-state index >= 15 is 0 Å². The first-order chi connectivity index (χ1) is 8.39. The van der Waals surface area contributed by atoms with E-state index in [-0.39, 0.29) is 5.91 Å². The molecule has 0 aliphatic heterocycles. The number of benzene rings is 2. The largest absolute Gasteiger partial charge is 0.285 e. The predicted molar refractivity (Wildman–Crippen MR) is 71.7 cm³/mol. The van der Waals surface area contributed by atoms with Crippen LogP contribution in [0, 0.1) is 0 Å². The van der Waals surface area contributed by atoms with Gasteiger partial charge in [-0.15, -0.1) is 0 Å². The van der Waals surface area contributed by atoms with Crippen LogP contribution in [0.5, 0.6) is 0 Å². The Balaban J connectivity index is 2.40. The van der Waals surface area contributed by atoms with Crippen LogP contribution in [-0.2, 0) is 0 Å². The summed E-state index contributed by atoms with van der Waals surface area (Å²) in [5.41, 5.74) is -0.117. The molecule has 0 aromatic heterocycles. The third-order valence-electron chi connectivity index (χ3n) is 2.82. The minimum atomic E-state index is -0.608. The summed E-state index contributed by atoms with van der Waals surface area (Å²) in [7, 11) is 0. The fourth-order valence-corrected chi connectivity index (χ4v) is 1.75. The summed E-state index contributed by atoms with van der Waals surface area (Å²) in [5.74, 6) is -0.381. The van der Waals surface area contributed by atoms with Crippen LogP contribution in [0.25, 0.3) is 10.8 Å². The first-order valence-corrected chi connectivity index (χ1v) is 5.92. The minimum Gasteiger partial charge on any atom is -0.285 e. The molecule has 0 saturated carbocycles. The fourth-order valence-electron chi connectivity index (χ4n) is 1.75. The van der Waals surface area contributed by atoms with Gasteiger partial charge >= 0.3 is 0 Å². The van der Waals surface area contributed by atoms with Gasteiger partial charge in [0.25, 0.3) is 5.91 Å². The van der Waals surface area contributed by atoms with Gasteiger partial charge in [-0.1, -0.05) is 30.3 Å². The Labute approximate surface area is 107 Å². The zero-order valence-corrected chi connectivity index (χ0v) is 10.8. The van der Waals surface area contributed by atoms with Crippen LogP contribution in [0.15, 0.2) is 42.5 Å². The molecule has 1 amide bonds. The van der Waals surface area contributed by atoms with Gasteiger partial charge in [-0.3, -0.25) is 10.0 Å². The molecule has 2 aromatic carbocycles. The Hall–Kier alpha value is -1.87. The topological polar surface area (TPSA) is 40.5 Å². The van der Waals surface area contributed by atoms with Gasteiger partial charge in [0.1, 0.15) is 0 Å². The van der Waals surface area contributed by atoms with Crippen molar-refractivity contribution in [1.29, 1.82) is 0 Å². The molecule has 18 heavy (non-hydrogen) atoms. The highest BCUT2D eigenvalue weighted by atomic mass is 16.5. The Bertz CT molecular complexity index is 584. The van der Waals surface area contributed by atoms with Crippen molar-refractivity contribution >= 4 is 16.7 Å². The Morgan fingerprint density at radius 1 is 1.06 bits per heavy atom. The van der Waals surface area contributed by atoms with E-state index in [1.54, 1.807) is 32.9 Å². The van der Waals surface area contributed by atoms with Gasteiger partial charge in [0.15, 0.2) is 0 Å². The van der Waals surface area contributed by atoms with Gasteiger partial charge in [-0.2, -0.15) is 0 Å². The van der Waals surface area contributed by atoms with Crippen molar-refractivity contribution in [3.05, 3.63) is 48.0 Å². The summed E-state index contributed by atoms with van der Waals surface area (Å²) in [6.45, 7) is 5.35. The average Bonchev–Trinajstić information content (AvgIpc) is 2.35. The van der Waals surface area contributed by atoms with Gasteiger partial charge in [-0.05, 0) is 43.7 Å². The number of hydrogen-bond acceptors (Lipinski definition) is 2. The van der Waals surface area contributed by atoms with Crippen molar-refractivity contribution < 1.29 is 10.0 Å². The van der Waals surface area contributed by atoms with Crippen molar-refractivity contribution in [2.75, 3.05) is 0 Å². The van der Waals surface area contributed by atoms with Crippen LogP contribution in [-0.4, -0.2) is 21.7 Å². The summed E-state index contributed by atoms with van der Waals surface area (Å²) in [4.78, 5) is 12.1. The lowest BCUT2D eigenvalue weighted by Gasteiger charge is -2.29. The summed E-state index contributed by atoms with van der Waals surface area (Å²) in [6.07, 6.45) is 0. The number of hydroxylamine groups is 2. The standard InChI is InChI=1S/C15H17NO2/c1-15(2,3)16(18)14(17)13-9-8-11-6-4-5-7-12(11)10-13/h4-10,18H,1-3H3. The van der Waals surface area contributed by atoms with Gasteiger partial charge < -0.3 is 0 Å². The van der Waals surface area contributed by atoms with Crippen molar-refractivity contribution in [1.82, 2.24) is 5.06 Å². The van der Waals surface area contributed by atoms with Crippen molar-refractivity contribution in [2.45, 2.75) is 26.3 Å². The second kappa shape index (κ2) is 4.42. The lowest BCUT2D eigenvalue weighted by molar-refractivity contribution is -0.114. The number of carbonyl (C=O) groups is 1. The van der Waals surface area contributed by atoms with E-state index in [0.717, 1.165) is 15.8 Å². The zero-order valence-electron chi connectivity index (χ0n) is 10.8. The summed E-state index contributed by atoms with van der Waals surface area (Å²) in [6, 6.07) is 13.2. The maximum Gasteiger partial charge on any atom is 0.277 e. The van der Waals surface area contributed by atoms with E-state index in [1.807, 2.05) is 30.3 Å². The van der Waals surface area contributed by atoms with Crippen molar-refractivity contribution in [2.24, 2.45) is 0 Å². The average molecular weight is 243 g/mol. The second-order valence-electron chi connectivity index (χ2n) is 5.35. The minimum absolute atomic E-state index is 0.381. The molecule has 0 saturated heterocycles. The molecule has 0 unspecified atom stereocenters. The Morgan fingerprint density at radius 3 is 2.28 bits per heavy atom. The number of fused-ring (bicyclic) bond motifs is 1. The summed E-state index contributed by atoms with van der Waals surface area (Å²) >= 11 is 0. The molecule has 0 spiro atoms. The van der Waals surface area contributed by atoms with Gasteiger partial charge in [0.2, 0.25) is 0 Å². The smallest absolute Gasteiger partial charge is 0.277 e. The number of rotatable bonds is 1. The van der Waals surface area contributed by atoms with Crippen LogP contribution in [0.3, 0.4) is 0 Å². The van der Waals surface area contributed by atoms with E-state index in [4.69, 9.17) is 0 Å². The molecule has 0 atom stereocenters. The number of carbonyl (C=O) groups excluding carboxylic acids is 1. The van der Waals surface area contributed by atoms with Crippen molar-refractivity contribution in [3.63, 3.8) is 0 Å². The third kappa shape index (κ3) is 2.36. The van der Waals surface area contributed by atoms with Gasteiger partial charge in [0.05, 0.1) is 5.54 Å². The molecule has 3 heteroatoms.